The Bertz CT molecular complexity index is 994. The van der Waals surface area contributed by atoms with E-state index in [1.807, 2.05) is 48.9 Å². The van der Waals surface area contributed by atoms with Gasteiger partial charge in [0.1, 0.15) is 0 Å². The van der Waals surface area contributed by atoms with Gasteiger partial charge in [0.25, 0.3) is 0 Å². The van der Waals surface area contributed by atoms with Crippen molar-refractivity contribution in [1.29, 1.82) is 0 Å². The van der Waals surface area contributed by atoms with Crippen LogP contribution in [0.15, 0.2) is 66.1 Å². The first-order valence-corrected chi connectivity index (χ1v) is 10.9. The molecule has 0 bridgehead atoms. The number of aliphatic imine (C=N–C) groups is 1. The van der Waals surface area contributed by atoms with Crippen molar-refractivity contribution in [2.45, 2.75) is 65.5 Å². The van der Waals surface area contributed by atoms with Crippen LogP contribution < -0.4 is 0 Å². The fourth-order valence-corrected chi connectivity index (χ4v) is 3.47. The summed E-state index contributed by atoms with van der Waals surface area (Å²) in [6.07, 6.45) is 5.41. The first-order valence-electron chi connectivity index (χ1n) is 10.9. The van der Waals surface area contributed by atoms with Crippen LogP contribution in [0.4, 0.5) is 18.9 Å². The maximum Gasteiger partial charge on any atom is 0.389 e. The van der Waals surface area contributed by atoms with Crippen LogP contribution >= 0.6 is 0 Å². The molecule has 32 heavy (non-hydrogen) atoms. The van der Waals surface area contributed by atoms with E-state index in [-0.39, 0.29) is 6.42 Å². The van der Waals surface area contributed by atoms with E-state index in [4.69, 9.17) is 4.99 Å². The molecule has 0 aliphatic carbocycles. The predicted octanol–water partition coefficient (Wildman–Crippen LogP) is 8.32. The molecule has 2 aromatic rings. The smallest absolute Gasteiger partial charge is 0.305 e. The molecule has 0 spiro atoms. The fraction of sp³-hybridized carbons (Fsp3) is 0.385. The highest BCUT2D eigenvalue weighted by atomic mass is 19.4. The van der Waals surface area contributed by atoms with Crippen LogP contribution in [0.2, 0.25) is 0 Å². The average molecular weight is 444 g/mol. The summed E-state index contributed by atoms with van der Waals surface area (Å²) in [7, 11) is 0. The quantitative estimate of drug-likeness (QED) is 0.254. The van der Waals surface area contributed by atoms with Gasteiger partial charge in [0.15, 0.2) is 0 Å². The van der Waals surface area contributed by atoms with Gasteiger partial charge in [0, 0.05) is 30.3 Å². The molecule has 0 saturated carbocycles. The Balaban J connectivity index is 2.31. The molecular weight excluding hydrogens is 411 g/mol. The number of imidazole rings is 1. The van der Waals surface area contributed by atoms with Crippen molar-refractivity contribution in [2.75, 3.05) is 0 Å². The zero-order valence-electron chi connectivity index (χ0n) is 19.2. The molecule has 1 aromatic carbocycles. The summed E-state index contributed by atoms with van der Waals surface area (Å²) in [5, 5.41) is 0. The normalized spacial score (nSPS) is 12.8. The summed E-state index contributed by atoms with van der Waals surface area (Å²) in [6, 6.07) is 5.84. The third-order valence-corrected chi connectivity index (χ3v) is 4.97. The van der Waals surface area contributed by atoms with Gasteiger partial charge in [-0.05, 0) is 57.4 Å². The first kappa shape index (κ1) is 25.4. The number of hydrogen-bond acceptors (Lipinski definition) is 2. The fourth-order valence-electron chi connectivity index (χ4n) is 3.47. The third-order valence-electron chi connectivity index (χ3n) is 4.97. The monoisotopic (exact) mass is 443 g/mol. The summed E-state index contributed by atoms with van der Waals surface area (Å²) in [6.45, 7) is 13.9. The number of hydrogen-bond donors (Lipinski definition) is 0. The Morgan fingerprint density at radius 3 is 2.59 bits per heavy atom. The van der Waals surface area contributed by atoms with Crippen LogP contribution in [-0.2, 0) is 0 Å². The molecule has 0 amide bonds. The first-order chi connectivity index (χ1) is 15.1. The van der Waals surface area contributed by atoms with Gasteiger partial charge in [-0.3, -0.25) is 4.99 Å². The van der Waals surface area contributed by atoms with Gasteiger partial charge in [-0.2, -0.15) is 13.2 Å². The minimum absolute atomic E-state index is 0.0780. The van der Waals surface area contributed by atoms with Crippen LogP contribution in [0.3, 0.4) is 0 Å². The lowest BCUT2D eigenvalue weighted by molar-refractivity contribution is -0.135. The van der Waals surface area contributed by atoms with Crippen molar-refractivity contribution < 1.29 is 13.2 Å². The lowest BCUT2D eigenvalue weighted by Crippen LogP contribution is -2.06. The van der Waals surface area contributed by atoms with Crippen LogP contribution in [0.1, 0.15) is 63.6 Å². The summed E-state index contributed by atoms with van der Waals surface area (Å²) < 4.78 is 39.4. The molecule has 3 nitrogen and oxygen atoms in total. The lowest BCUT2D eigenvalue weighted by Gasteiger charge is -2.11. The Kier molecular flexibility index (Phi) is 9.24. The van der Waals surface area contributed by atoms with Gasteiger partial charge in [-0.15, -0.1) is 0 Å². The van der Waals surface area contributed by atoms with E-state index in [0.717, 1.165) is 52.3 Å². The second-order valence-electron chi connectivity index (χ2n) is 8.11. The highest BCUT2D eigenvalue weighted by Crippen LogP contribution is 2.26. The summed E-state index contributed by atoms with van der Waals surface area (Å²) in [4.78, 5) is 9.09. The van der Waals surface area contributed by atoms with Crippen molar-refractivity contribution in [3.8, 4) is 5.69 Å². The van der Waals surface area contributed by atoms with E-state index in [1.54, 1.807) is 12.4 Å². The van der Waals surface area contributed by atoms with Crippen molar-refractivity contribution in [3.63, 3.8) is 0 Å². The molecule has 0 radical (unpaired) electrons. The number of nitrogens with zero attached hydrogens (tertiary/aromatic N) is 3. The van der Waals surface area contributed by atoms with Crippen LogP contribution in [0.5, 0.6) is 0 Å². The molecule has 0 N–H and O–H groups in total. The van der Waals surface area contributed by atoms with E-state index in [9.17, 15) is 13.2 Å². The maximum atomic E-state index is 12.5. The number of rotatable bonds is 11. The minimum atomic E-state index is -4.12. The molecule has 172 valence electrons. The van der Waals surface area contributed by atoms with Crippen molar-refractivity contribution >= 4 is 17.5 Å². The largest absolute Gasteiger partial charge is 0.389 e. The van der Waals surface area contributed by atoms with Crippen LogP contribution in [-0.4, -0.2) is 21.4 Å². The topological polar surface area (TPSA) is 30.2 Å². The summed E-state index contributed by atoms with van der Waals surface area (Å²) in [5.74, 6) is 0. The van der Waals surface area contributed by atoms with Crippen molar-refractivity contribution in [2.24, 2.45) is 4.99 Å². The lowest BCUT2D eigenvalue weighted by atomic mass is 10.0. The Hall–Kier alpha value is -2.89. The van der Waals surface area contributed by atoms with Crippen LogP contribution in [0, 0.1) is 6.92 Å². The zero-order valence-corrected chi connectivity index (χ0v) is 19.2. The Morgan fingerprint density at radius 1 is 1.25 bits per heavy atom. The Morgan fingerprint density at radius 2 is 2.00 bits per heavy atom. The van der Waals surface area contributed by atoms with E-state index >= 15 is 0 Å². The number of halogens is 3. The molecule has 0 aliphatic rings. The number of aryl methyl sites for hydroxylation is 1. The van der Waals surface area contributed by atoms with Gasteiger partial charge in [0.2, 0.25) is 0 Å². The highest BCUT2D eigenvalue weighted by molar-refractivity contribution is 5.98. The maximum absolute atomic E-state index is 12.5. The van der Waals surface area contributed by atoms with Crippen LogP contribution in [0.25, 0.3) is 11.8 Å². The van der Waals surface area contributed by atoms with Gasteiger partial charge >= 0.3 is 6.18 Å². The van der Waals surface area contributed by atoms with Gasteiger partial charge < -0.3 is 4.57 Å². The molecule has 0 aliphatic heterocycles. The van der Waals surface area contributed by atoms with Gasteiger partial charge in [0.05, 0.1) is 23.4 Å². The van der Waals surface area contributed by atoms with Gasteiger partial charge in [-0.25, -0.2) is 4.98 Å². The highest BCUT2D eigenvalue weighted by Gasteiger charge is 2.25. The SMILES string of the molecule is C=Cc1cc(N=C(/C=C(\C)CCCC(F)(F)F)CC(=C)CCC)ccc1-n1cnc(C)c1. The molecule has 1 aromatic heterocycles. The second kappa shape index (κ2) is 11.7. The third kappa shape index (κ3) is 8.33. The second-order valence-corrected chi connectivity index (χ2v) is 8.11. The number of alkyl halides is 3. The van der Waals surface area contributed by atoms with Crippen molar-refractivity contribution in [3.05, 3.63) is 72.4 Å². The number of allylic oxidation sites excluding steroid dienone is 3. The molecule has 0 unspecified atom stereocenters. The minimum Gasteiger partial charge on any atom is -0.305 e. The standard InChI is InChI=1S/C26H32F3N3/c1-6-9-19(3)14-24(15-20(4)10-8-13-26(27,28)29)31-23-11-12-25(22(7-2)16-23)32-17-21(5)30-18-32/h7,11-12,15-18H,2-3,6,8-10,13-14H2,1,4-5H3/b20-15+,31-24?. The van der Waals surface area contributed by atoms with E-state index < -0.39 is 12.6 Å². The molecule has 2 rings (SSSR count). The molecule has 0 atom stereocenters. The summed E-state index contributed by atoms with van der Waals surface area (Å²) >= 11 is 0. The Labute approximate surface area is 189 Å². The predicted molar refractivity (Wildman–Crippen MR) is 128 cm³/mol. The van der Waals surface area contributed by atoms with E-state index in [0.29, 0.717) is 12.8 Å². The average Bonchev–Trinajstić information content (AvgIpc) is 3.13. The van der Waals surface area contributed by atoms with E-state index in [1.165, 1.54) is 0 Å². The van der Waals surface area contributed by atoms with Gasteiger partial charge in [-0.1, -0.05) is 43.7 Å². The van der Waals surface area contributed by atoms with E-state index in [2.05, 4.69) is 25.1 Å². The van der Waals surface area contributed by atoms with Crippen molar-refractivity contribution in [1.82, 2.24) is 9.55 Å². The zero-order chi connectivity index (χ0) is 23.7. The summed E-state index contributed by atoms with van der Waals surface area (Å²) in [5.41, 5.74) is 6.29. The molecule has 0 saturated heterocycles. The number of benzene rings is 1. The molecule has 1 heterocycles. The molecular formula is C26H32F3N3. The number of aromatic nitrogens is 2. The molecule has 6 heteroatoms. The molecule has 0 fully saturated rings.